The van der Waals surface area contributed by atoms with Gasteiger partial charge in [-0.25, -0.2) is 4.98 Å². The van der Waals surface area contributed by atoms with E-state index in [2.05, 4.69) is 21.8 Å². The fourth-order valence-corrected chi connectivity index (χ4v) is 3.44. The highest BCUT2D eigenvalue weighted by atomic mass is 16.5. The Morgan fingerprint density at radius 1 is 1.13 bits per heavy atom. The number of aromatic nitrogens is 2. The monoisotopic (exact) mass is 313 g/mol. The molecule has 0 radical (unpaired) electrons. The average molecular weight is 313 g/mol. The summed E-state index contributed by atoms with van der Waals surface area (Å²) in [5, 5.41) is 0. The molecule has 0 amide bonds. The molecule has 120 valence electrons. The lowest BCUT2D eigenvalue weighted by Crippen LogP contribution is -2.38. The van der Waals surface area contributed by atoms with Gasteiger partial charge in [0.05, 0.1) is 19.3 Å². The summed E-state index contributed by atoms with van der Waals surface area (Å²) in [6.45, 7) is 5.16. The van der Waals surface area contributed by atoms with E-state index in [0.29, 0.717) is 30.2 Å². The van der Waals surface area contributed by atoms with E-state index in [1.807, 2.05) is 12.2 Å². The molecule has 1 aromatic rings. The van der Waals surface area contributed by atoms with Crippen LogP contribution in [0.5, 0.6) is 0 Å². The van der Waals surface area contributed by atoms with Crippen LogP contribution in [-0.4, -0.2) is 52.7 Å². The Labute approximate surface area is 134 Å². The van der Waals surface area contributed by atoms with Crippen LogP contribution in [0.25, 0.3) is 5.57 Å². The summed E-state index contributed by atoms with van der Waals surface area (Å²) in [4.78, 5) is 34.7. The van der Waals surface area contributed by atoms with Gasteiger partial charge in [0.15, 0.2) is 0 Å². The van der Waals surface area contributed by atoms with E-state index in [9.17, 15) is 9.59 Å². The molecule has 1 saturated heterocycles. The van der Waals surface area contributed by atoms with Crippen molar-refractivity contribution in [2.75, 3.05) is 26.3 Å². The number of aromatic amines is 1. The summed E-state index contributed by atoms with van der Waals surface area (Å²) in [6, 6.07) is 0.0593. The Morgan fingerprint density at radius 3 is 2.57 bits per heavy atom. The van der Waals surface area contributed by atoms with Crippen molar-refractivity contribution in [2.24, 2.45) is 0 Å². The third kappa shape index (κ3) is 2.29. The topological polar surface area (TPSA) is 75.3 Å². The van der Waals surface area contributed by atoms with Crippen LogP contribution < -0.4 is 0 Å². The second-order valence-corrected chi connectivity index (χ2v) is 6.14. The smallest absolute Gasteiger partial charge is 0.251 e. The van der Waals surface area contributed by atoms with Crippen LogP contribution in [0.3, 0.4) is 0 Å². The summed E-state index contributed by atoms with van der Waals surface area (Å²) in [5.41, 5.74) is 2.31. The van der Waals surface area contributed by atoms with Crippen LogP contribution >= 0.6 is 0 Å². The third-order valence-electron chi connectivity index (χ3n) is 4.80. The average Bonchev–Trinajstić information content (AvgIpc) is 3.05. The molecule has 0 bridgehead atoms. The molecule has 6 heteroatoms. The van der Waals surface area contributed by atoms with Gasteiger partial charge in [0.2, 0.25) is 5.78 Å². The molecular formula is C17H19N3O3. The Balaban J connectivity index is 1.73. The van der Waals surface area contributed by atoms with Crippen LogP contribution in [-0.2, 0) is 9.53 Å². The van der Waals surface area contributed by atoms with Crippen molar-refractivity contribution < 1.29 is 14.3 Å². The first-order valence-corrected chi connectivity index (χ1v) is 8.08. The van der Waals surface area contributed by atoms with Gasteiger partial charge in [-0.15, -0.1) is 0 Å². The molecule has 1 aliphatic heterocycles. The van der Waals surface area contributed by atoms with E-state index in [1.165, 1.54) is 0 Å². The summed E-state index contributed by atoms with van der Waals surface area (Å²) < 4.78 is 5.38. The Hall–Kier alpha value is -2.05. The number of hydrogen-bond acceptors (Lipinski definition) is 5. The first kappa shape index (κ1) is 14.5. The van der Waals surface area contributed by atoms with E-state index in [4.69, 9.17) is 4.74 Å². The minimum Gasteiger partial charge on any atom is -0.379 e. The SMILES string of the molecule is CC(c1nc2c([nH]1)C(=O)C(=O)C1=CCCC=C12)N1CCOCC1. The number of carbonyl (C=O) groups excluding carboxylic acids is 2. The molecule has 0 saturated carbocycles. The van der Waals surface area contributed by atoms with E-state index in [1.54, 1.807) is 0 Å². The number of morpholine rings is 1. The lowest BCUT2D eigenvalue weighted by molar-refractivity contribution is -0.111. The molecule has 0 spiro atoms. The molecule has 1 N–H and O–H groups in total. The van der Waals surface area contributed by atoms with Gasteiger partial charge in [-0.05, 0) is 19.8 Å². The first-order valence-electron chi connectivity index (χ1n) is 8.08. The number of ketones is 2. The number of imidazole rings is 1. The van der Waals surface area contributed by atoms with Crippen molar-refractivity contribution in [3.05, 3.63) is 34.9 Å². The number of nitrogens with one attached hydrogen (secondary N) is 1. The minimum absolute atomic E-state index is 0.0593. The predicted octanol–water partition coefficient (Wildman–Crippen LogP) is 1.67. The molecule has 1 atom stereocenters. The molecule has 2 aliphatic carbocycles. The van der Waals surface area contributed by atoms with E-state index in [0.717, 1.165) is 37.3 Å². The summed E-state index contributed by atoms with van der Waals surface area (Å²) in [6.07, 6.45) is 5.55. The fourth-order valence-electron chi connectivity index (χ4n) is 3.44. The molecule has 1 aromatic heterocycles. The van der Waals surface area contributed by atoms with E-state index in [-0.39, 0.29) is 6.04 Å². The Morgan fingerprint density at radius 2 is 1.83 bits per heavy atom. The number of carbonyl (C=O) groups is 2. The quantitative estimate of drug-likeness (QED) is 0.841. The second kappa shape index (κ2) is 5.54. The highest BCUT2D eigenvalue weighted by Gasteiger charge is 2.37. The molecule has 1 fully saturated rings. The maximum Gasteiger partial charge on any atom is 0.251 e. The van der Waals surface area contributed by atoms with Gasteiger partial charge in [0.25, 0.3) is 5.78 Å². The number of H-pyrrole nitrogens is 1. The standard InChI is InChI=1S/C17H19N3O3/c1-10(20-6-8-23-9-7-20)17-18-13-11-4-2-3-5-12(11)15(21)16(22)14(13)19-17/h4-5,10H,2-3,6-9H2,1H3,(H,18,19). The molecule has 2 heterocycles. The van der Waals surface area contributed by atoms with Gasteiger partial charge in [0, 0.05) is 24.2 Å². The summed E-state index contributed by atoms with van der Waals surface area (Å²) >= 11 is 0. The highest BCUT2D eigenvalue weighted by Crippen LogP contribution is 2.36. The number of hydrogen-bond donors (Lipinski definition) is 1. The third-order valence-corrected chi connectivity index (χ3v) is 4.80. The molecule has 3 aliphatic rings. The van der Waals surface area contributed by atoms with Crippen LogP contribution in [0.4, 0.5) is 0 Å². The van der Waals surface area contributed by atoms with Gasteiger partial charge in [-0.2, -0.15) is 0 Å². The van der Waals surface area contributed by atoms with E-state index >= 15 is 0 Å². The molecule has 23 heavy (non-hydrogen) atoms. The van der Waals surface area contributed by atoms with Gasteiger partial charge in [0.1, 0.15) is 17.2 Å². The summed E-state index contributed by atoms with van der Waals surface area (Å²) in [5.74, 6) is -0.151. The first-order chi connectivity index (χ1) is 11.2. The van der Waals surface area contributed by atoms with Crippen LogP contribution in [0.1, 0.15) is 47.8 Å². The zero-order valence-corrected chi connectivity index (χ0v) is 13.1. The van der Waals surface area contributed by atoms with Crippen molar-refractivity contribution in [3.63, 3.8) is 0 Å². The summed E-state index contributed by atoms with van der Waals surface area (Å²) in [7, 11) is 0. The largest absolute Gasteiger partial charge is 0.379 e. The number of ether oxygens (including phenoxy) is 1. The van der Waals surface area contributed by atoms with Crippen LogP contribution in [0.2, 0.25) is 0 Å². The number of fused-ring (bicyclic) bond motifs is 3. The van der Waals surface area contributed by atoms with E-state index < -0.39 is 11.6 Å². The molecule has 0 aromatic carbocycles. The molecule has 1 unspecified atom stereocenters. The van der Waals surface area contributed by atoms with Crippen molar-refractivity contribution in [3.8, 4) is 0 Å². The molecule has 4 rings (SSSR count). The Kier molecular flexibility index (Phi) is 3.50. The van der Waals surface area contributed by atoms with Gasteiger partial charge < -0.3 is 9.72 Å². The van der Waals surface area contributed by atoms with Crippen molar-refractivity contribution in [2.45, 2.75) is 25.8 Å². The zero-order valence-electron chi connectivity index (χ0n) is 13.1. The van der Waals surface area contributed by atoms with Gasteiger partial charge >= 0.3 is 0 Å². The van der Waals surface area contributed by atoms with Crippen LogP contribution in [0, 0.1) is 0 Å². The predicted molar refractivity (Wildman–Crippen MR) is 84.0 cm³/mol. The lowest BCUT2D eigenvalue weighted by atomic mass is 9.84. The van der Waals surface area contributed by atoms with Crippen molar-refractivity contribution in [1.82, 2.24) is 14.9 Å². The van der Waals surface area contributed by atoms with Crippen molar-refractivity contribution >= 4 is 17.1 Å². The minimum atomic E-state index is -0.474. The number of Topliss-reactive ketones (excluding diaryl/α,β-unsaturated/α-hetero) is 2. The Bertz CT molecular complexity index is 738. The lowest BCUT2D eigenvalue weighted by Gasteiger charge is -2.31. The second-order valence-electron chi connectivity index (χ2n) is 6.14. The highest BCUT2D eigenvalue weighted by molar-refractivity contribution is 6.54. The molecule has 6 nitrogen and oxygen atoms in total. The normalized spacial score (nSPS) is 23.0. The van der Waals surface area contributed by atoms with Crippen LogP contribution in [0.15, 0.2) is 17.7 Å². The van der Waals surface area contributed by atoms with Gasteiger partial charge in [-0.3, -0.25) is 14.5 Å². The fraction of sp³-hybridized carbons (Fsp3) is 0.471. The maximum atomic E-state index is 12.4. The number of nitrogens with zero attached hydrogens (tertiary/aromatic N) is 2. The van der Waals surface area contributed by atoms with Gasteiger partial charge in [-0.1, -0.05) is 12.2 Å². The number of allylic oxidation sites excluding steroid dienone is 4. The zero-order chi connectivity index (χ0) is 16.0. The molecular weight excluding hydrogens is 294 g/mol. The van der Waals surface area contributed by atoms with Crippen molar-refractivity contribution in [1.29, 1.82) is 0 Å². The number of rotatable bonds is 2. The maximum absolute atomic E-state index is 12.4.